The molecule has 0 unspecified atom stereocenters. The molecule has 0 bridgehead atoms. The standard InChI is InChI=1S/C14H18IN3/c1-3-9-18-12(4-2)17-13(14(18)16)10-5-7-11(15)8-6-10/h5-8H,3-4,9,16H2,1-2H3. The van der Waals surface area contributed by atoms with E-state index in [0.29, 0.717) is 0 Å². The molecule has 2 N–H and O–H groups in total. The molecule has 0 radical (unpaired) electrons. The van der Waals surface area contributed by atoms with Gasteiger partial charge in [0.2, 0.25) is 0 Å². The smallest absolute Gasteiger partial charge is 0.131 e. The Morgan fingerprint density at radius 1 is 1.22 bits per heavy atom. The van der Waals surface area contributed by atoms with Gasteiger partial charge >= 0.3 is 0 Å². The summed E-state index contributed by atoms with van der Waals surface area (Å²) in [4.78, 5) is 4.68. The Balaban J connectivity index is 2.48. The van der Waals surface area contributed by atoms with Crippen LogP contribution in [0.2, 0.25) is 0 Å². The number of hydrogen-bond donors (Lipinski definition) is 1. The lowest BCUT2D eigenvalue weighted by Crippen LogP contribution is -2.06. The van der Waals surface area contributed by atoms with E-state index in [1.807, 2.05) is 0 Å². The number of aromatic nitrogens is 2. The summed E-state index contributed by atoms with van der Waals surface area (Å²) in [6.07, 6.45) is 1.98. The number of benzene rings is 1. The molecule has 0 aliphatic heterocycles. The Morgan fingerprint density at radius 3 is 2.44 bits per heavy atom. The third-order valence-electron chi connectivity index (χ3n) is 2.97. The Bertz CT molecular complexity index is 529. The molecule has 3 nitrogen and oxygen atoms in total. The average molecular weight is 355 g/mol. The quantitative estimate of drug-likeness (QED) is 0.850. The molecule has 4 heteroatoms. The van der Waals surface area contributed by atoms with Crippen molar-refractivity contribution in [1.29, 1.82) is 0 Å². The second-order valence-electron chi connectivity index (χ2n) is 4.27. The molecular formula is C14H18IN3. The third-order valence-corrected chi connectivity index (χ3v) is 3.69. The Kier molecular flexibility index (Phi) is 4.27. The lowest BCUT2D eigenvalue weighted by Gasteiger charge is -2.06. The molecule has 0 atom stereocenters. The first-order chi connectivity index (χ1) is 8.67. The zero-order valence-corrected chi connectivity index (χ0v) is 12.9. The molecule has 2 aromatic rings. The first kappa shape index (κ1) is 13.4. The number of nitrogens with two attached hydrogens (primary N) is 1. The molecule has 1 heterocycles. The van der Waals surface area contributed by atoms with Crippen LogP contribution in [0.3, 0.4) is 0 Å². The zero-order valence-electron chi connectivity index (χ0n) is 10.8. The van der Waals surface area contributed by atoms with Crippen LogP contribution in [0.4, 0.5) is 5.82 Å². The number of halogens is 1. The average Bonchev–Trinajstić information content (AvgIpc) is 2.69. The van der Waals surface area contributed by atoms with Gasteiger partial charge < -0.3 is 10.3 Å². The van der Waals surface area contributed by atoms with Gasteiger partial charge in [-0.2, -0.15) is 0 Å². The fourth-order valence-electron chi connectivity index (χ4n) is 2.08. The first-order valence-electron chi connectivity index (χ1n) is 6.28. The minimum Gasteiger partial charge on any atom is -0.383 e. The van der Waals surface area contributed by atoms with E-state index in [2.05, 4.69) is 70.3 Å². The van der Waals surface area contributed by atoms with E-state index in [1.54, 1.807) is 0 Å². The summed E-state index contributed by atoms with van der Waals surface area (Å²) in [5.74, 6) is 1.86. The minimum absolute atomic E-state index is 0.787. The van der Waals surface area contributed by atoms with Crippen molar-refractivity contribution in [1.82, 2.24) is 9.55 Å². The van der Waals surface area contributed by atoms with Gasteiger partial charge in [0.15, 0.2) is 0 Å². The summed E-state index contributed by atoms with van der Waals surface area (Å²) >= 11 is 2.30. The number of imidazole rings is 1. The van der Waals surface area contributed by atoms with Crippen molar-refractivity contribution in [2.45, 2.75) is 33.2 Å². The van der Waals surface area contributed by atoms with Crippen LogP contribution >= 0.6 is 22.6 Å². The normalized spacial score (nSPS) is 10.8. The van der Waals surface area contributed by atoms with Crippen molar-refractivity contribution in [3.63, 3.8) is 0 Å². The Hall–Kier alpha value is -1.04. The summed E-state index contributed by atoms with van der Waals surface area (Å²) in [6.45, 7) is 5.21. The van der Waals surface area contributed by atoms with E-state index in [0.717, 1.165) is 42.3 Å². The lowest BCUT2D eigenvalue weighted by molar-refractivity contribution is 0.650. The molecule has 0 aliphatic rings. The van der Waals surface area contributed by atoms with Gasteiger partial charge in [-0.1, -0.05) is 26.0 Å². The molecule has 0 aliphatic carbocycles. The summed E-state index contributed by atoms with van der Waals surface area (Å²) in [5.41, 5.74) is 8.24. The highest BCUT2D eigenvalue weighted by atomic mass is 127. The van der Waals surface area contributed by atoms with Crippen LogP contribution in [0.25, 0.3) is 11.3 Å². The summed E-state index contributed by atoms with van der Waals surface area (Å²) in [5, 5.41) is 0. The van der Waals surface area contributed by atoms with Crippen molar-refractivity contribution in [3.8, 4) is 11.3 Å². The highest BCUT2D eigenvalue weighted by Crippen LogP contribution is 2.27. The van der Waals surface area contributed by atoms with Crippen LogP contribution in [0.1, 0.15) is 26.1 Å². The van der Waals surface area contributed by atoms with E-state index >= 15 is 0 Å². The predicted molar refractivity (Wildman–Crippen MR) is 84.5 cm³/mol. The van der Waals surface area contributed by atoms with Gasteiger partial charge in [-0.25, -0.2) is 4.98 Å². The van der Waals surface area contributed by atoms with Crippen molar-refractivity contribution < 1.29 is 0 Å². The number of hydrogen-bond acceptors (Lipinski definition) is 2. The molecule has 1 aromatic carbocycles. The molecular weight excluding hydrogens is 337 g/mol. The molecule has 0 saturated heterocycles. The molecule has 1 aromatic heterocycles. The van der Waals surface area contributed by atoms with Crippen LogP contribution in [-0.4, -0.2) is 9.55 Å². The van der Waals surface area contributed by atoms with Crippen LogP contribution in [0, 0.1) is 3.57 Å². The number of rotatable bonds is 4. The Labute approximate surface area is 122 Å². The molecule has 0 spiro atoms. The fraction of sp³-hybridized carbons (Fsp3) is 0.357. The van der Waals surface area contributed by atoms with Gasteiger partial charge in [0.1, 0.15) is 17.3 Å². The van der Waals surface area contributed by atoms with E-state index in [4.69, 9.17) is 5.73 Å². The van der Waals surface area contributed by atoms with Crippen LogP contribution in [-0.2, 0) is 13.0 Å². The highest BCUT2D eigenvalue weighted by Gasteiger charge is 2.14. The fourth-order valence-corrected chi connectivity index (χ4v) is 2.44. The van der Waals surface area contributed by atoms with E-state index in [1.165, 1.54) is 3.57 Å². The minimum atomic E-state index is 0.787. The van der Waals surface area contributed by atoms with Crippen molar-refractivity contribution in [3.05, 3.63) is 33.7 Å². The van der Waals surface area contributed by atoms with Crippen molar-refractivity contribution in [2.24, 2.45) is 0 Å². The predicted octanol–water partition coefficient (Wildman–Crippen LogP) is 3.71. The van der Waals surface area contributed by atoms with Crippen molar-refractivity contribution in [2.75, 3.05) is 5.73 Å². The largest absolute Gasteiger partial charge is 0.383 e. The number of anilines is 1. The number of aryl methyl sites for hydroxylation is 1. The van der Waals surface area contributed by atoms with E-state index in [9.17, 15) is 0 Å². The van der Waals surface area contributed by atoms with E-state index in [-0.39, 0.29) is 0 Å². The maximum Gasteiger partial charge on any atom is 0.131 e. The SMILES string of the molecule is CCCn1c(CC)nc(-c2ccc(I)cc2)c1N. The molecule has 0 saturated carbocycles. The highest BCUT2D eigenvalue weighted by molar-refractivity contribution is 14.1. The van der Waals surface area contributed by atoms with Gasteiger partial charge in [0.05, 0.1) is 0 Å². The Morgan fingerprint density at radius 2 is 1.89 bits per heavy atom. The molecule has 2 rings (SSSR count). The molecule has 96 valence electrons. The summed E-state index contributed by atoms with van der Waals surface area (Å²) < 4.78 is 3.35. The van der Waals surface area contributed by atoms with Gasteiger partial charge in [0.25, 0.3) is 0 Å². The lowest BCUT2D eigenvalue weighted by atomic mass is 10.1. The van der Waals surface area contributed by atoms with Gasteiger partial charge in [0, 0.05) is 22.1 Å². The van der Waals surface area contributed by atoms with Crippen LogP contribution in [0.15, 0.2) is 24.3 Å². The topological polar surface area (TPSA) is 43.8 Å². The van der Waals surface area contributed by atoms with Gasteiger partial charge in [-0.05, 0) is 41.1 Å². The summed E-state index contributed by atoms with van der Waals surface area (Å²) in [6, 6.07) is 8.33. The maximum atomic E-state index is 6.23. The third kappa shape index (κ3) is 2.53. The molecule has 0 fully saturated rings. The second kappa shape index (κ2) is 5.73. The molecule has 0 amide bonds. The van der Waals surface area contributed by atoms with Gasteiger partial charge in [-0.15, -0.1) is 0 Å². The first-order valence-corrected chi connectivity index (χ1v) is 7.36. The number of nitrogen functional groups attached to an aromatic ring is 1. The van der Waals surface area contributed by atoms with E-state index < -0.39 is 0 Å². The molecule has 18 heavy (non-hydrogen) atoms. The van der Waals surface area contributed by atoms with Crippen molar-refractivity contribution >= 4 is 28.4 Å². The monoisotopic (exact) mass is 355 g/mol. The summed E-state index contributed by atoms with van der Waals surface area (Å²) in [7, 11) is 0. The van der Waals surface area contributed by atoms with Crippen LogP contribution in [0.5, 0.6) is 0 Å². The maximum absolute atomic E-state index is 6.23. The zero-order chi connectivity index (χ0) is 13.1. The van der Waals surface area contributed by atoms with Gasteiger partial charge in [-0.3, -0.25) is 0 Å². The van der Waals surface area contributed by atoms with Crippen LogP contribution < -0.4 is 5.73 Å². The number of nitrogens with zero attached hydrogens (tertiary/aromatic N) is 2. The second-order valence-corrected chi connectivity index (χ2v) is 5.52.